The van der Waals surface area contributed by atoms with Gasteiger partial charge in [-0.15, -0.1) is 0 Å². The molecule has 0 spiro atoms. The molecule has 0 atom stereocenters. The fourth-order valence-electron chi connectivity index (χ4n) is 1.86. The fraction of sp³-hybridized carbons (Fsp3) is 0.417. The van der Waals surface area contributed by atoms with Gasteiger partial charge in [0, 0.05) is 18.2 Å². The number of anilines is 1. The van der Waals surface area contributed by atoms with E-state index in [9.17, 15) is 4.79 Å². The number of nitrogens with one attached hydrogen (secondary N) is 1. The second kappa shape index (κ2) is 5.55. The van der Waals surface area contributed by atoms with Gasteiger partial charge in [-0.05, 0) is 6.92 Å². The highest BCUT2D eigenvalue weighted by atomic mass is 16.5. The number of aromatic amines is 1. The maximum Gasteiger partial charge on any atom is 0.360 e. The second-order valence-corrected chi connectivity index (χ2v) is 4.03. The third kappa shape index (κ3) is 2.59. The van der Waals surface area contributed by atoms with E-state index in [2.05, 4.69) is 15.2 Å². The van der Waals surface area contributed by atoms with Crippen LogP contribution in [0.4, 0.5) is 5.82 Å². The summed E-state index contributed by atoms with van der Waals surface area (Å²) >= 11 is 0. The lowest BCUT2D eigenvalue weighted by molar-refractivity contribution is 0.0521. The molecule has 0 fully saturated rings. The molecule has 7 heteroatoms. The normalized spacial score (nSPS) is 10.6. The highest BCUT2D eigenvalue weighted by Crippen LogP contribution is 2.18. The van der Waals surface area contributed by atoms with Gasteiger partial charge in [-0.1, -0.05) is 6.92 Å². The Morgan fingerprint density at radius 3 is 2.89 bits per heavy atom. The summed E-state index contributed by atoms with van der Waals surface area (Å²) in [7, 11) is 0. The Kier molecular flexibility index (Phi) is 3.84. The number of carbonyl (C=O) groups excluding carboxylic acids is 1. The number of rotatable bonds is 5. The van der Waals surface area contributed by atoms with E-state index < -0.39 is 5.97 Å². The molecule has 0 aromatic carbocycles. The summed E-state index contributed by atoms with van der Waals surface area (Å²) in [6, 6.07) is 0. The van der Waals surface area contributed by atoms with Gasteiger partial charge in [0.05, 0.1) is 19.3 Å². The minimum atomic E-state index is -0.486. The number of hydrogen-bond acceptors (Lipinski definition) is 5. The Balaban J connectivity index is 2.34. The number of carbonyl (C=O) groups is 1. The first kappa shape index (κ1) is 13.1. The van der Waals surface area contributed by atoms with Crippen LogP contribution in [0.1, 0.15) is 35.7 Å². The number of imidazole rings is 1. The number of nitrogen functional groups attached to an aromatic ring is 1. The van der Waals surface area contributed by atoms with Crippen molar-refractivity contribution in [2.24, 2.45) is 0 Å². The van der Waals surface area contributed by atoms with E-state index in [1.807, 2.05) is 6.92 Å². The number of esters is 1. The molecule has 0 bridgehead atoms. The zero-order chi connectivity index (χ0) is 13.8. The van der Waals surface area contributed by atoms with Crippen LogP contribution in [0.3, 0.4) is 0 Å². The molecule has 102 valence electrons. The molecule has 0 radical (unpaired) electrons. The average Bonchev–Trinajstić information content (AvgIpc) is 3.00. The summed E-state index contributed by atoms with van der Waals surface area (Å²) in [5.74, 6) is 0.596. The van der Waals surface area contributed by atoms with Gasteiger partial charge in [0.1, 0.15) is 11.6 Å². The van der Waals surface area contributed by atoms with Crippen molar-refractivity contribution in [1.29, 1.82) is 0 Å². The second-order valence-electron chi connectivity index (χ2n) is 4.03. The number of H-pyrrole nitrogens is 1. The summed E-state index contributed by atoms with van der Waals surface area (Å²) in [6.07, 6.45) is 4.17. The number of aromatic nitrogens is 4. The molecule has 2 aromatic heterocycles. The van der Waals surface area contributed by atoms with E-state index in [4.69, 9.17) is 10.5 Å². The van der Waals surface area contributed by atoms with E-state index in [0.717, 1.165) is 11.4 Å². The third-order valence-electron chi connectivity index (χ3n) is 2.77. The summed E-state index contributed by atoms with van der Waals surface area (Å²) in [6.45, 7) is 4.53. The van der Waals surface area contributed by atoms with Crippen molar-refractivity contribution in [3.05, 3.63) is 29.5 Å². The first-order valence-electron chi connectivity index (χ1n) is 6.17. The van der Waals surface area contributed by atoms with Gasteiger partial charge in [0.2, 0.25) is 0 Å². The zero-order valence-corrected chi connectivity index (χ0v) is 11.0. The predicted octanol–water partition coefficient (Wildman–Crippen LogP) is 0.976. The Hall–Kier alpha value is -2.31. The van der Waals surface area contributed by atoms with E-state index in [0.29, 0.717) is 25.4 Å². The lowest BCUT2D eigenvalue weighted by atomic mass is 10.3. The van der Waals surface area contributed by atoms with Crippen LogP contribution >= 0.6 is 0 Å². The van der Waals surface area contributed by atoms with Gasteiger partial charge < -0.3 is 15.0 Å². The molecule has 0 unspecified atom stereocenters. The summed E-state index contributed by atoms with van der Waals surface area (Å²) in [4.78, 5) is 16.0. The van der Waals surface area contributed by atoms with Crippen molar-refractivity contribution in [3.63, 3.8) is 0 Å². The molecule has 0 aliphatic carbocycles. The number of aryl methyl sites for hydroxylation is 1. The van der Waals surface area contributed by atoms with Crippen LogP contribution in [0, 0.1) is 0 Å². The predicted molar refractivity (Wildman–Crippen MR) is 69.7 cm³/mol. The number of nitrogens with zero attached hydrogens (tertiary/aromatic N) is 3. The largest absolute Gasteiger partial charge is 0.461 e. The van der Waals surface area contributed by atoms with E-state index in [1.165, 1.54) is 0 Å². The van der Waals surface area contributed by atoms with Crippen LogP contribution in [0.25, 0.3) is 0 Å². The van der Waals surface area contributed by atoms with Crippen molar-refractivity contribution in [3.8, 4) is 0 Å². The number of hydrogen-bond donors (Lipinski definition) is 2. The minimum Gasteiger partial charge on any atom is -0.461 e. The van der Waals surface area contributed by atoms with Gasteiger partial charge in [-0.2, -0.15) is 5.10 Å². The molecule has 3 N–H and O–H groups in total. The first-order valence-corrected chi connectivity index (χ1v) is 6.17. The lowest BCUT2D eigenvalue weighted by Gasteiger charge is -2.06. The van der Waals surface area contributed by atoms with Crippen LogP contribution in [-0.2, 0) is 17.7 Å². The molecular weight excluding hydrogens is 246 g/mol. The highest BCUT2D eigenvalue weighted by Gasteiger charge is 2.20. The molecule has 2 heterocycles. The Labute approximate surface area is 110 Å². The van der Waals surface area contributed by atoms with Crippen molar-refractivity contribution in [2.75, 3.05) is 12.3 Å². The molecule has 0 aliphatic rings. The summed E-state index contributed by atoms with van der Waals surface area (Å²) < 4.78 is 6.75. The molecule has 7 nitrogen and oxygen atoms in total. The lowest BCUT2D eigenvalue weighted by Crippen LogP contribution is -2.10. The molecule has 0 saturated carbocycles. The maximum absolute atomic E-state index is 11.8. The molecule has 19 heavy (non-hydrogen) atoms. The maximum atomic E-state index is 11.8. The molecule has 2 rings (SSSR count). The van der Waals surface area contributed by atoms with Crippen molar-refractivity contribution in [2.45, 2.75) is 26.8 Å². The van der Waals surface area contributed by atoms with Crippen LogP contribution in [0.2, 0.25) is 0 Å². The SMILES string of the molecule is CCOC(=O)c1nc(CC)n(Cc2cn[nH]c2)c1N. The third-order valence-corrected chi connectivity index (χ3v) is 2.77. The van der Waals surface area contributed by atoms with Crippen LogP contribution in [0.15, 0.2) is 12.4 Å². The Morgan fingerprint density at radius 2 is 2.32 bits per heavy atom. The summed E-state index contributed by atoms with van der Waals surface area (Å²) in [5.41, 5.74) is 7.15. The minimum absolute atomic E-state index is 0.183. The highest BCUT2D eigenvalue weighted by molar-refractivity contribution is 5.92. The van der Waals surface area contributed by atoms with Gasteiger partial charge in [-0.3, -0.25) is 5.10 Å². The van der Waals surface area contributed by atoms with E-state index in [-0.39, 0.29) is 5.69 Å². The molecule has 0 aliphatic heterocycles. The quantitative estimate of drug-likeness (QED) is 0.783. The van der Waals surface area contributed by atoms with Crippen LogP contribution in [0.5, 0.6) is 0 Å². The molecule has 2 aromatic rings. The first-order chi connectivity index (χ1) is 9.17. The standard InChI is InChI=1S/C12H17N5O2/c1-3-9-16-10(12(18)19-4-2)11(13)17(9)7-8-5-14-15-6-8/h5-6H,3-4,7,13H2,1-2H3,(H,14,15). The van der Waals surface area contributed by atoms with Gasteiger partial charge in [-0.25, -0.2) is 9.78 Å². The molecule has 0 amide bonds. The van der Waals surface area contributed by atoms with E-state index in [1.54, 1.807) is 23.9 Å². The topological polar surface area (TPSA) is 98.8 Å². The van der Waals surface area contributed by atoms with Crippen molar-refractivity contribution in [1.82, 2.24) is 19.7 Å². The van der Waals surface area contributed by atoms with Crippen LogP contribution < -0.4 is 5.73 Å². The Bertz CT molecular complexity index is 559. The van der Waals surface area contributed by atoms with Crippen molar-refractivity contribution < 1.29 is 9.53 Å². The van der Waals surface area contributed by atoms with Gasteiger partial charge in [0.15, 0.2) is 5.69 Å². The van der Waals surface area contributed by atoms with Gasteiger partial charge >= 0.3 is 5.97 Å². The van der Waals surface area contributed by atoms with Gasteiger partial charge in [0.25, 0.3) is 0 Å². The van der Waals surface area contributed by atoms with Crippen LogP contribution in [-0.4, -0.2) is 32.3 Å². The number of nitrogens with two attached hydrogens (primary N) is 1. The smallest absolute Gasteiger partial charge is 0.360 e. The summed E-state index contributed by atoms with van der Waals surface area (Å²) in [5, 5.41) is 6.62. The van der Waals surface area contributed by atoms with E-state index >= 15 is 0 Å². The number of ether oxygens (including phenoxy) is 1. The zero-order valence-electron chi connectivity index (χ0n) is 11.0. The average molecular weight is 263 g/mol. The fourth-order valence-corrected chi connectivity index (χ4v) is 1.86. The Morgan fingerprint density at radius 1 is 1.53 bits per heavy atom. The van der Waals surface area contributed by atoms with Crippen molar-refractivity contribution >= 4 is 11.8 Å². The monoisotopic (exact) mass is 263 g/mol. The molecule has 0 saturated heterocycles. The molecular formula is C12H17N5O2.